The molecule has 1 aliphatic rings. The van der Waals surface area contributed by atoms with Gasteiger partial charge in [-0.25, -0.2) is 0 Å². The molecule has 90 valence electrons. The molecule has 3 nitrogen and oxygen atoms in total. The van der Waals surface area contributed by atoms with Gasteiger partial charge < -0.3 is 15.6 Å². The second-order valence-corrected chi connectivity index (χ2v) is 5.20. The third-order valence-electron chi connectivity index (χ3n) is 3.26. The largest absolute Gasteiger partial charge is 0.389 e. The van der Waals surface area contributed by atoms with E-state index in [0.29, 0.717) is 13.0 Å². The Morgan fingerprint density at radius 3 is 2.60 bits per heavy atom. The van der Waals surface area contributed by atoms with Gasteiger partial charge in [0.1, 0.15) is 0 Å². The zero-order chi connectivity index (χ0) is 11.3. The van der Waals surface area contributed by atoms with Crippen molar-refractivity contribution in [2.45, 2.75) is 57.7 Å². The lowest BCUT2D eigenvalue weighted by molar-refractivity contribution is -0.0268. The Kier molecular flexibility index (Phi) is 5.03. The van der Waals surface area contributed by atoms with E-state index in [9.17, 15) is 5.11 Å². The lowest BCUT2D eigenvalue weighted by Gasteiger charge is -2.25. The minimum absolute atomic E-state index is 0.101. The van der Waals surface area contributed by atoms with Crippen molar-refractivity contribution >= 4 is 0 Å². The highest BCUT2D eigenvalue weighted by molar-refractivity contribution is 4.76. The maximum Gasteiger partial charge on any atom is 0.0765 e. The Bertz CT molecular complexity index is 176. The van der Waals surface area contributed by atoms with E-state index in [1.807, 2.05) is 6.92 Å². The van der Waals surface area contributed by atoms with Gasteiger partial charge in [0.25, 0.3) is 0 Å². The smallest absolute Gasteiger partial charge is 0.0765 e. The predicted molar refractivity (Wildman–Crippen MR) is 61.7 cm³/mol. The molecule has 0 bridgehead atoms. The SMILES string of the molecule is CC(CC(C)(O)CN)OCC1CCCC1. The van der Waals surface area contributed by atoms with Gasteiger partial charge in [-0.15, -0.1) is 0 Å². The first-order valence-electron chi connectivity index (χ1n) is 6.07. The number of ether oxygens (including phenoxy) is 1. The van der Waals surface area contributed by atoms with Crippen LogP contribution in [0.25, 0.3) is 0 Å². The van der Waals surface area contributed by atoms with Gasteiger partial charge in [0.2, 0.25) is 0 Å². The summed E-state index contributed by atoms with van der Waals surface area (Å²) in [7, 11) is 0. The number of nitrogens with two attached hydrogens (primary N) is 1. The molecule has 15 heavy (non-hydrogen) atoms. The summed E-state index contributed by atoms with van der Waals surface area (Å²) in [5, 5.41) is 9.78. The third kappa shape index (κ3) is 4.96. The van der Waals surface area contributed by atoms with Crippen LogP contribution in [0.2, 0.25) is 0 Å². The third-order valence-corrected chi connectivity index (χ3v) is 3.26. The average Bonchev–Trinajstić information content (AvgIpc) is 2.66. The fourth-order valence-corrected chi connectivity index (χ4v) is 2.24. The van der Waals surface area contributed by atoms with Crippen molar-refractivity contribution in [1.29, 1.82) is 0 Å². The highest BCUT2D eigenvalue weighted by Gasteiger charge is 2.23. The molecular weight excluding hydrogens is 190 g/mol. The van der Waals surface area contributed by atoms with E-state index in [-0.39, 0.29) is 6.10 Å². The molecule has 1 aliphatic carbocycles. The van der Waals surface area contributed by atoms with Gasteiger partial charge in [0.15, 0.2) is 0 Å². The van der Waals surface area contributed by atoms with Gasteiger partial charge in [0, 0.05) is 19.6 Å². The van der Waals surface area contributed by atoms with Gasteiger partial charge in [-0.3, -0.25) is 0 Å². The van der Waals surface area contributed by atoms with Crippen LogP contribution in [-0.2, 0) is 4.74 Å². The van der Waals surface area contributed by atoms with E-state index in [1.54, 1.807) is 6.92 Å². The van der Waals surface area contributed by atoms with Crippen LogP contribution < -0.4 is 5.73 Å². The monoisotopic (exact) mass is 215 g/mol. The number of rotatable bonds is 6. The van der Waals surface area contributed by atoms with Crippen molar-refractivity contribution in [2.75, 3.05) is 13.2 Å². The topological polar surface area (TPSA) is 55.5 Å². The Morgan fingerprint density at radius 1 is 1.47 bits per heavy atom. The molecule has 0 aromatic rings. The van der Waals surface area contributed by atoms with E-state index >= 15 is 0 Å². The van der Waals surface area contributed by atoms with Crippen LogP contribution in [0.3, 0.4) is 0 Å². The maximum atomic E-state index is 9.78. The summed E-state index contributed by atoms with van der Waals surface area (Å²) in [6.45, 7) is 4.92. The molecule has 0 aromatic heterocycles. The highest BCUT2D eigenvalue weighted by atomic mass is 16.5. The first-order chi connectivity index (χ1) is 7.03. The normalized spacial score (nSPS) is 24.0. The van der Waals surface area contributed by atoms with Crippen LogP contribution in [0.5, 0.6) is 0 Å². The van der Waals surface area contributed by atoms with E-state index in [0.717, 1.165) is 12.5 Å². The molecule has 0 aromatic carbocycles. The summed E-state index contributed by atoms with van der Waals surface area (Å²) in [5.74, 6) is 0.746. The molecule has 0 amide bonds. The molecule has 3 N–H and O–H groups in total. The van der Waals surface area contributed by atoms with Crippen LogP contribution in [0.1, 0.15) is 46.0 Å². The van der Waals surface area contributed by atoms with Crippen molar-refractivity contribution in [2.24, 2.45) is 11.7 Å². The molecule has 2 atom stereocenters. The van der Waals surface area contributed by atoms with Crippen LogP contribution in [0, 0.1) is 5.92 Å². The lowest BCUT2D eigenvalue weighted by Crippen LogP contribution is -2.38. The fraction of sp³-hybridized carbons (Fsp3) is 1.00. The Labute approximate surface area is 93.0 Å². The molecule has 0 radical (unpaired) electrons. The van der Waals surface area contributed by atoms with E-state index in [4.69, 9.17) is 10.5 Å². The predicted octanol–water partition coefficient (Wildman–Crippen LogP) is 1.68. The van der Waals surface area contributed by atoms with E-state index in [2.05, 4.69) is 0 Å². The maximum absolute atomic E-state index is 9.78. The minimum Gasteiger partial charge on any atom is -0.389 e. The molecule has 1 rings (SSSR count). The van der Waals surface area contributed by atoms with Gasteiger partial charge in [0.05, 0.1) is 11.7 Å². The van der Waals surface area contributed by atoms with E-state index in [1.165, 1.54) is 25.7 Å². The van der Waals surface area contributed by atoms with Crippen molar-refractivity contribution in [3.8, 4) is 0 Å². The van der Waals surface area contributed by atoms with Gasteiger partial charge in [-0.2, -0.15) is 0 Å². The number of hydrogen-bond donors (Lipinski definition) is 2. The summed E-state index contributed by atoms with van der Waals surface area (Å²) in [6, 6.07) is 0. The first kappa shape index (κ1) is 12.9. The molecule has 0 spiro atoms. The standard InChI is InChI=1S/C12H25NO2/c1-10(7-12(2,14)9-13)15-8-11-5-3-4-6-11/h10-11,14H,3-9,13H2,1-2H3. The second kappa shape index (κ2) is 5.83. The van der Waals surface area contributed by atoms with Crippen molar-refractivity contribution in [1.82, 2.24) is 0 Å². The highest BCUT2D eigenvalue weighted by Crippen LogP contribution is 2.25. The minimum atomic E-state index is -0.783. The Hall–Kier alpha value is -0.120. The van der Waals surface area contributed by atoms with Gasteiger partial charge in [-0.05, 0) is 32.6 Å². The summed E-state index contributed by atoms with van der Waals surface area (Å²) >= 11 is 0. The summed E-state index contributed by atoms with van der Waals surface area (Å²) in [5.41, 5.74) is 4.68. The number of aliphatic hydroxyl groups is 1. The van der Waals surface area contributed by atoms with Crippen molar-refractivity contribution < 1.29 is 9.84 Å². The van der Waals surface area contributed by atoms with Crippen molar-refractivity contribution in [3.63, 3.8) is 0 Å². The second-order valence-electron chi connectivity index (χ2n) is 5.20. The van der Waals surface area contributed by atoms with Gasteiger partial charge >= 0.3 is 0 Å². The van der Waals surface area contributed by atoms with Crippen LogP contribution in [0.4, 0.5) is 0 Å². The van der Waals surface area contributed by atoms with Gasteiger partial charge in [-0.1, -0.05) is 12.8 Å². The Balaban J connectivity index is 2.15. The lowest BCUT2D eigenvalue weighted by atomic mass is 9.99. The molecule has 0 heterocycles. The summed E-state index contributed by atoms with van der Waals surface area (Å²) in [6.07, 6.45) is 6.03. The molecule has 3 heteroatoms. The van der Waals surface area contributed by atoms with E-state index < -0.39 is 5.60 Å². The number of hydrogen-bond acceptors (Lipinski definition) is 3. The fourth-order valence-electron chi connectivity index (χ4n) is 2.24. The molecule has 1 fully saturated rings. The Morgan fingerprint density at radius 2 is 2.07 bits per heavy atom. The zero-order valence-electron chi connectivity index (χ0n) is 10.0. The van der Waals surface area contributed by atoms with Crippen LogP contribution in [0.15, 0.2) is 0 Å². The zero-order valence-corrected chi connectivity index (χ0v) is 10.0. The molecule has 0 aliphatic heterocycles. The van der Waals surface area contributed by atoms with Crippen LogP contribution >= 0.6 is 0 Å². The molecule has 0 saturated heterocycles. The molecule has 2 unspecified atom stereocenters. The van der Waals surface area contributed by atoms with Crippen LogP contribution in [-0.4, -0.2) is 30.0 Å². The summed E-state index contributed by atoms with van der Waals surface area (Å²) in [4.78, 5) is 0. The molecule has 1 saturated carbocycles. The quantitative estimate of drug-likeness (QED) is 0.709. The average molecular weight is 215 g/mol. The molecular formula is C12H25NO2. The first-order valence-corrected chi connectivity index (χ1v) is 6.07. The van der Waals surface area contributed by atoms with Crippen molar-refractivity contribution in [3.05, 3.63) is 0 Å². The summed E-state index contributed by atoms with van der Waals surface area (Å²) < 4.78 is 5.75.